The average molecular weight is 287 g/mol. The van der Waals surface area contributed by atoms with Crippen LogP contribution in [-0.2, 0) is 6.54 Å². The van der Waals surface area contributed by atoms with Gasteiger partial charge in [-0.05, 0) is 70.9 Å². The Morgan fingerprint density at radius 3 is 2.52 bits per heavy atom. The third kappa shape index (κ3) is 3.76. The molecule has 2 fully saturated rings. The molecule has 2 aliphatic rings. The van der Waals surface area contributed by atoms with E-state index in [1.54, 1.807) is 0 Å². The summed E-state index contributed by atoms with van der Waals surface area (Å²) in [7, 11) is 0. The first-order valence-corrected chi connectivity index (χ1v) is 8.51. The first-order chi connectivity index (χ1) is 10.0. The molecule has 0 aromatic carbocycles. The summed E-state index contributed by atoms with van der Waals surface area (Å²) in [5.41, 5.74) is 3.92. The third-order valence-corrected chi connectivity index (χ3v) is 4.65. The van der Waals surface area contributed by atoms with Crippen molar-refractivity contribution in [3.63, 3.8) is 0 Å². The molecule has 0 radical (unpaired) electrons. The van der Waals surface area contributed by atoms with E-state index in [4.69, 9.17) is 4.98 Å². The molecule has 0 spiro atoms. The zero-order valence-electron chi connectivity index (χ0n) is 13.9. The highest BCUT2D eigenvalue weighted by Crippen LogP contribution is 2.34. The maximum absolute atomic E-state index is 4.92. The van der Waals surface area contributed by atoms with Gasteiger partial charge in [-0.1, -0.05) is 0 Å². The molecule has 1 aromatic rings. The summed E-state index contributed by atoms with van der Waals surface area (Å²) in [6.07, 6.45) is 5.46. The molecule has 0 unspecified atom stereocenters. The highest BCUT2D eigenvalue weighted by atomic mass is 15.2. The van der Waals surface area contributed by atoms with Crippen LogP contribution >= 0.6 is 0 Å². The van der Waals surface area contributed by atoms with Crippen LogP contribution in [0.15, 0.2) is 6.07 Å². The molecule has 1 aromatic heterocycles. The maximum atomic E-state index is 4.92. The molecule has 116 valence electrons. The molecule has 0 atom stereocenters. The molecule has 21 heavy (non-hydrogen) atoms. The number of pyridine rings is 1. The van der Waals surface area contributed by atoms with Crippen molar-refractivity contribution in [3.8, 4) is 0 Å². The van der Waals surface area contributed by atoms with Crippen LogP contribution in [-0.4, -0.2) is 23.6 Å². The van der Waals surface area contributed by atoms with E-state index in [2.05, 4.69) is 44.0 Å². The van der Waals surface area contributed by atoms with E-state index in [-0.39, 0.29) is 0 Å². The number of anilines is 1. The van der Waals surface area contributed by atoms with E-state index in [1.807, 2.05) is 0 Å². The first-order valence-electron chi connectivity index (χ1n) is 8.51. The van der Waals surface area contributed by atoms with Crippen LogP contribution < -0.4 is 10.2 Å². The number of aryl methyl sites for hydroxylation is 2. The lowest BCUT2D eigenvalue weighted by atomic mass is 10.1. The van der Waals surface area contributed by atoms with E-state index in [0.717, 1.165) is 24.2 Å². The van der Waals surface area contributed by atoms with E-state index in [0.29, 0.717) is 6.04 Å². The molecular formula is C18H29N3. The number of hydrogen-bond donors (Lipinski definition) is 1. The monoisotopic (exact) mass is 287 g/mol. The van der Waals surface area contributed by atoms with Crippen molar-refractivity contribution in [3.05, 3.63) is 22.9 Å². The fourth-order valence-corrected chi connectivity index (χ4v) is 2.95. The SMILES string of the molecule is Cc1cc(C)c(CNC2CC2)c(N(CC2CC2)C(C)C)n1. The minimum absolute atomic E-state index is 0.513. The summed E-state index contributed by atoms with van der Waals surface area (Å²) in [6, 6.07) is 3.48. The van der Waals surface area contributed by atoms with Crippen molar-refractivity contribution in [2.24, 2.45) is 5.92 Å². The fraction of sp³-hybridized carbons (Fsp3) is 0.722. The lowest BCUT2D eigenvalue weighted by Crippen LogP contribution is -2.35. The van der Waals surface area contributed by atoms with Crippen molar-refractivity contribution in [1.82, 2.24) is 10.3 Å². The van der Waals surface area contributed by atoms with Gasteiger partial charge in [0.2, 0.25) is 0 Å². The van der Waals surface area contributed by atoms with Gasteiger partial charge in [0.25, 0.3) is 0 Å². The molecule has 2 aliphatic carbocycles. The highest BCUT2D eigenvalue weighted by Gasteiger charge is 2.28. The van der Waals surface area contributed by atoms with Crippen LogP contribution in [0.4, 0.5) is 5.82 Å². The number of nitrogens with one attached hydrogen (secondary N) is 1. The Kier molecular flexibility index (Phi) is 4.21. The number of nitrogens with zero attached hydrogens (tertiary/aromatic N) is 2. The van der Waals surface area contributed by atoms with Gasteiger partial charge in [0.1, 0.15) is 5.82 Å². The molecule has 1 heterocycles. The van der Waals surface area contributed by atoms with Gasteiger partial charge >= 0.3 is 0 Å². The summed E-state index contributed by atoms with van der Waals surface area (Å²) in [5, 5.41) is 3.67. The third-order valence-electron chi connectivity index (χ3n) is 4.65. The van der Waals surface area contributed by atoms with Gasteiger partial charge in [0, 0.05) is 36.4 Å². The smallest absolute Gasteiger partial charge is 0.133 e. The van der Waals surface area contributed by atoms with E-state index < -0.39 is 0 Å². The Labute approximate surface area is 129 Å². The van der Waals surface area contributed by atoms with Crippen molar-refractivity contribution >= 4 is 5.82 Å². The van der Waals surface area contributed by atoms with Crippen LogP contribution in [0.25, 0.3) is 0 Å². The topological polar surface area (TPSA) is 28.2 Å². The second-order valence-corrected chi connectivity index (χ2v) is 7.23. The predicted octanol–water partition coefficient (Wildman–Crippen LogP) is 3.58. The van der Waals surface area contributed by atoms with Gasteiger partial charge in [-0.15, -0.1) is 0 Å². The zero-order chi connectivity index (χ0) is 15.0. The largest absolute Gasteiger partial charge is 0.354 e. The molecule has 2 saturated carbocycles. The molecule has 1 N–H and O–H groups in total. The predicted molar refractivity (Wildman–Crippen MR) is 88.8 cm³/mol. The molecule has 0 saturated heterocycles. The minimum atomic E-state index is 0.513. The quantitative estimate of drug-likeness (QED) is 0.831. The van der Waals surface area contributed by atoms with Gasteiger partial charge in [0.05, 0.1) is 0 Å². The normalized spacial score (nSPS) is 18.3. The standard InChI is InChI=1S/C18H29N3/c1-12(2)21(11-15-5-6-15)18-17(10-19-16-7-8-16)13(3)9-14(4)20-18/h9,12,15-16,19H,5-8,10-11H2,1-4H3. The number of rotatable bonds is 7. The molecule has 0 amide bonds. The summed E-state index contributed by atoms with van der Waals surface area (Å²) >= 11 is 0. The summed E-state index contributed by atoms with van der Waals surface area (Å²) in [6.45, 7) is 11.1. The molecular weight excluding hydrogens is 258 g/mol. The van der Waals surface area contributed by atoms with Gasteiger partial charge in [-0.3, -0.25) is 0 Å². The van der Waals surface area contributed by atoms with E-state index in [9.17, 15) is 0 Å². The van der Waals surface area contributed by atoms with Crippen molar-refractivity contribution in [2.75, 3.05) is 11.4 Å². The number of aromatic nitrogens is 1. The molecule has 0 bridgehead atoms. The summed E-state index contributed by atoms with van der Waals surface area (Å²) < 4.78 is 0. The maximum Gasteiger partial charge on any atom is 0.133 e. The summed E-state index contributed by atoms with van der Waals surface area (Å²) in [5.74, 6) is 2.11. The van der Waals surface area contributed by atoms with Gasteiger partial charge in [0.15, 0.2) is 0 Å². The first kappa shape index (κ1) is 14.8. The summed E-state index contributed by atoms with van der Waals surface area (Å²) in [4.78, 5) is 7.45. The Morgan fingerprint density at radius 2 is 1.95 bits per heavy atom. The Hall–Kier alpha value is -1.09. The lowest BCUT2D eigenvalue weighted by molar-refractivity contribution is 0.621. The molecule has 0 aliphatic heterocycles. The van der Waals surface area contributed by atoms with Crippen LogP contribution in [0.3, 0.4) is 0 Å². The Balaban J connectivity index is 1.87. The fourth-order valence-electron chi connectivity index (χ4n) is 2.95. The minimum Gasteiger partial charge on any atom is -0.354 e. The lowest BCUT2D eigenvalue weighted by Gasteiger charge is -2.31. The van der Waals surface area contributed by atoms with Gasteiger partial charge in [-0.25, -0.2) is 4.98 Å². The zero-order valence-corrected chi connectivity index (χ0v) is 13.9. The van der Waals surface area contributed by atoms with E-state index >= 15 is 0 Å². The highest BCUT2D eigenvalue weighted by molar-refractivity contribution is 5.52. The Bertz CT molecular complexity index is 501. The average Bonchev–Trinajstić information content (AvgIpc) is 3.28. The number of hydrogen-bond acceptors (Lipinski definition) is 3. The van der Waals surface area contributed by atoms with Crippen LogP contribution in [0.2, 0.25) is 0 Å². The van der Waals surface area contributed by atoms with Gasteiger partial charge in [-0.2, -0.15) is 0 Å². The molecule has 3 nitrogen and oxygen atoms in total. The van der Waals surface area contributed by atoms with Crippen molar-refractivity contribution < 1.29 is 0 Å². The van der Waals surface area contributed by atoms with Crippen LogP contribution in [0.5, 0.6) is 0 Å². The molecule has 3 heteroatoms. The van der Waals surface area contributed by atoms with Crippen molar-refractivity contribution in [1.29, 1.82) is 0 Å². The van der Waals surface area contributed by atoms with Crippen LogP contribution in [0.1, 0.15) is 56.4 Å². The van der Waals surface area contributed by atoms with Crippen LogP contribution in [0, 0.1) is 19.8 Å². The van der Waals surface area contributed by atoms with Crippen molar-refractivity contribution in [2.45, 2.75) is 72.0 Å². The second-order valence-electron chi connectivity index (χ2n) is 7.23. The van der Waals surface area contributed by atoms with E-state index in [1.165, 1.54) is 49.2 Å². The Morgan fingerprint density at radius 1 is 1.24 bits per heavy atom. The second kappa shape index (κ2) is 5.96. The molecule has 3 rings (SSSR count). The van der Waals surface area contributed by atoms with Gasteiger partial charge < -0.3 is 10.2 Å².